The lowest BCUT2D eigenvalue weighted by molar-refractivity contribution is 0.249. The highest BCUT2D eigenvalue weighted by Crippen LogP contribution is 2.29. The summed E-state index contributed by atoms with van der Waals surface area (Å²) in [5.74, 6) is -0.122. The number of urea groups is 1. The highest BCUT2D eigenvalue weighted by Gasteiger charge is 2.17. The van der Waals surface area contributed by atoms with Gasteiger partial charge < -0.3 is 21.5 Å². The summed E-state index contributed by atoms with van der Waals surface area (Å²) < 4.78 is 25.4. The van der Waals surface area contributed by atoms with E-state index < -0.39 is 15.9 Å². The van der Waals surface area contributed by atoms with Gasteiger partial charge in [-0.2, -0.15) is 0 Å². The van der Waals surface area contributed by atoms with Crippen molar-refractivity contribution in [1.82, 2.24) is 5.32 Å². The number of anilines is 1. The minimum absolute atomic E-state index is 0.122. The van der Waals surface area contributed by atoms with Crippen LogP contribution in [0.4, 0.5) is 10.5 Å². The molecule has 7 nitrogen and oxygen atoms in total. The van der Waals surface area contributed by atoms with E-state index in [0.29, 0.717) is 33.4 Å². The van der Waals surface area contributed by atoms with Gasteiger partial charge in [0.25, 0.3) is 0 Å². The molecule has 1 atom stereocenters. The Morgan fingerprint density at radius 2 is 1.56 bits per heavy atom. The third-order valence-corrected chi connectivity index (χ3v) is 7.42. The number of hydrogen-bond donors (Lipinski definition) is 4. The van der Waals surface area contributed by atoms with Crippen molar-refractivity contribution in [2.75, 3.05) is 12.4 Å². The van der Waals surface area contributed by atoms with Crippen LogP contribution < -0.4 is 16.4 Å². The Hall–Kier alpha value is -2.62. The van der Waals surface area contributed by atoms with Gasteiger partial charge in [-0.05, 0) is 53.9 Å². The largest absolute Gasteiger partial charge is 0.400 e. The summed E-state index contributed by atoms with van der Waals surface area (Å²) >= 11 is 12.2. The van der Waals surface area contributed by atoms with Gasteiger partial charge in [0.2, 0.25) is 0 Å². The van der Waals surface area contributed by atoms with E-state index in [9.17, 15) is 13.2 Å². The van der Waals surface area contributed by atoms with Crippen molar-refractivity contribution in [2.24, 2.45) is 5.73 Å². The fourth-order valence-corrected chi connectivity index (χ4v) is 4.94. The Morgan fingerprint density at radius 1 is 0.971 bits per heavy atom. The first-order valence-electron chi connectivity index (χ1n) is 10.3. The second-order valence-electron chi connectivity index (χ2n) is 7.27. The van der Waals surface area contributed by atoms with Crippen molar-refractivity contribution in [1.29, 1.82) is 0 Å². The van der Waals surface area contributed by atoms with Gasteiger partial charge in [0, 0.05) is 19.3 Å². The molecule has 0 aliphatic rings. The zero-order chi connectivity index (χ0) is 25.3. The Kier molecular flexibility index (Phi) is 10.3. The molecule has 0 aliphatic heterocycles. The molecule has 0 saturated carbocycles. The van der Waals surface area contributed by atoms with Gasteiger partial charge in [-0.25, -0.2) is 13.2 Å². The third-order valence-electron chi connectivity index (χ3n) is 4.88. The molecule has 0 heterocycles. The molecule has 0 saturated heterocycles. The van der Waals surface area contributed by atoms with Crippen molar-refractivity contribution >= 4 is 44.8 Å². The first-order valence-corrected chi connectivity index (χ1v) is 12.7. The number of aliphatic hydroxyl groups is 1. The van der Waals surface area contributed by atoms with Crippen molar-refractivity contribution in [2.45, 2.75) is 30.2 Å². The molecular formula is C24H27Cl2N3O4S. The average Bonchev–Trinajstić information content (AvgIpc) is 2.82. The van der Waals surface area contributed by atoms with E-state index in [0.717, 1.165) is 12.7 Å². The molecule has 10 heteroatoms. The molecule has 0 radical (unpaired) electrons. The van der Waals surface area contributed by atoms with Crippen LogP contribution in [0.15, 0.2) is 71.6 Å². The van der Waals surface area contributed by atoms with Crippen molar-refractivity contribution in [3.8, 4) is 0 Å². The third kappa shape index (κ3) is 7.44. The summed E-state index contributed by atoms with van der Waals surface area (Å²) in [7, 11) is -2.53. The van der Waals surface area contributed by atoms with Crippen molar-refractivity contribution < 1.29 is 18.3 Å². The number of amides is 2. The van der Waals surface area contributed by atoms with Crippen LogP contribution in [-0.4, -0.2) is 26.7 Å². The number of hydrogen-bond acceptors (Lipinski definition) is 5. The fourth-order valence-electron chi connectivity index (χ4n) is 3.12. The Labute approximate surface area is 209 Å². The number of nitrogens with one attached hydrogen (secondary N) is 2. The highest BCUT2D eigenvalue weighted by molar-refractivity contribution is 7.90. The standard InChI is InChI=1S/C23H23Cl2N3O3S.CH4O/c1-15(20-3-2-4-21(24)22(20)25)27-23(29)28-18-9-11-19(12-10-18)32(30,31)14-17-7-5-16(13-26)6-8-17;1-2/h2-12,15H,13-14,26H2,1H3,(H2,27,28,29);2H,1H3. The molecule has 182 valence electrons. The molecular weight excluding hydrogens is 497 g/mol. The fraction of sp³-hybridized carbons (Fsp3) is 0.208. The molecule has 0 aromatic heterocycles. The number of aliphatic hydroxyl groups excluding tert-OH is 1. The van der Waals surface area contributed by atoms with Crippen LogP contribution in [0.2, 0.25) is 10.0 Å². The Bertz CT molecular complexity index is 1200. The van der Waals surface area contributed by atoms with E-state index in [2.05, 4.69) is 10.6 Å². The van der Waals surface area contributed by atoms with Crippen LogP contribution in [0.25, 0.3) is 0 Å². The van der Waals surface area contributed by atoms with Crippen molar-refractivity contribution in [3.63, 3.8) is 0 Å². The Balaban J connectivity index is 0.00000199. The van der Waals surface area contributed by atoms with Crippen LogP contribution in [0, 0.1) is 0 Å². The zero-order valence-electron chi connectivity index (χ0n) is 18.8. The maximum Gasteiger partial charge on any atom is 0.319 e. The smallest absolute Gasteiger partial charge is 0.319 e. The minimum atomic E-state index is -3.53. The molecule has 3 aromatic carbocycles. The van der Waals surface area contributed by atoms with Crippen LogP contribution in [0.5, 0.6) is 0 Å². The number of carbonyl (C=O) groups excluding carboxylic acids is 1. The van der Waals surface area contributed by atoms with E-state index in [4.69, 9.17) is 34.0 Å². The molecule has 2 amide bonds. The molecule has 3 rings (SSSR count). The summed E-state index contributed by atoms with van der Waals surface area (Å²) in [5, 5.41) is 13.3. The predicted molar refractivity (Wildman–Crippen MR) is 137 cm³/mol. The predicted octanol–water partition coefficient (Wildman–Crippen LogP) is 4.92. The number of sulfone groups is 1. The molecule has 0 spiro atoms. The monoisotopic (exact) mass is 523 g/mol. The molecule has 0 aliphatic carbocycles. The van der Waals surface area contributed by atoms with Gasteiger partial charge in [0.05, 0.1) is 26.7 Å². The molecule has 3 aromatic rings. The topological polar surface area (TPSA) is 122 Å². The maximum absolute atomic E-state index is 12.7. The number of benzene rings is 3. The van der Waals surface area contributed by atoms with Gasteiger partial charge in [-0.15, -0.1) is 0 Å². The number of nitrogens with two attached hydrogens (primary N) is 1. The second-order valence-corrected chi connectivity index (χ2v) is 10.0. The quantitative estimate of drug-likeness (QED) is 0.350. The molecule has 1 unspecified atom stereocenters. The summed E-state index contributed by atoms with van der Waals surface area (Å²) in [6, 6.07) is 17.5. The number of carbonyl (C=O) groups is 1. The van der Waals surface area contributed by atoms with E-state index >= 15 is 0 Å². The lowest BCUT2D eigenvalue weighted by Crippen LogP contribution is -2.31. The summed E-state index contributed by atoms with van der Waals surface area (Å²) in [6.07, 6.45) is 0. The van der Waals surface area contributed by atoms with E-state index in [-0.39, 0.29) is 16.7 Å². The summed E-state index contributed by atoms with van der Waals surface area (Å²) in [4.78, 5) is 12.5. The van der Waals surface area contributed by atoms with E-state index in [1.54, 1.807) is 49.4 Å². The zero-order valence-corrected chi connectivity index (χ0v) is 21.1. The minimum Gasteiger partial charge on any atom is -0.400 e. The van der Waals surface area contributed by atoms with Gasteiger partial charge in [-0.3, -0.25) is 0 Å². The van der Waals surface area contributed by atoms with Crippen LogP contribution >= 0.6 is 23.2 Å². The molecule has 0 fully saturated rings. The second kappa shape index (κ2) is 12.7. The first-order chi connectivity index (χ1) is 16.2. The van der Waals surface area contributed by atoms with Crippen LogP contribution in [0.1, 0.15) is 29.7 Å². The molecule has 5 N–H and O–H groups in total. The molecule has 0 bridgehead atoms. The molecule has 34 heavy (non-hydrogen) atoms. The average molecular weight is 524 g/mol. The van der Waals surface area contributed by atoms with E-state index in [1.807, 2.05) is 12.1 Å². The Morgan fingerprint density at radius 3 is 2.15 bits per heavy atom. The van der Waals surface area contributed by atoms with Crippen LogP contribution in [0.3, 0.4) is 0 Å². The normalized spacial score (nSPS) is 11.7. The summed E-state index contributed by atoms with van der Waals surface area (Å²) in [5.41, 5.74) is 8.33. The number of halogens is 2. The van der Waals surface area contributed by atoms with Crippen LogP contribution in [-0.2, 0) is 22.1 Å². The SMILES string of the molecule is CC(NC(=O)Nc1ccc(S(=O)(=O)Cc2ccc(CN)cc2)cc1)c1cccc(Cl)c1Cl.CO. The van der Waals surface area contributed by atoms with E-state index in [1.165, 1.54) is 12.1 Å². The van der Waals surface area contributed by atoms with Gasteiger partial charge in [-0.1, -0.05) is 59.6 Å². The lowest BCUT2D eigenvalue weighted by Gasteiger charge is -2.17. The number of rotatable bonds is 7. The van der Waals surface area contributed by atoms with Gasteiger partial charge >= 0.3 is 6.03 Å². The maximum atomic E-state index is 12.7. The summed E-state index contributed by atoms with van der Waals surface area (Å²) in [6.45, 7) is 2.19. The van der Waals surface area contributed by atoms with Crippen molar-refractivity contribution in [3.05, 3.63) is 93.5 Å². The highest BCUT2D eigenvalue weighted by atomic mass is 35.5. The lowest BCUT2D eigenvalue weighted by atomic mass is 10.1. The van der Waals surface area contributed by atoms with Gasteiger partial charge in [0.15, 0.2) is 9.84 Å². The van der Waals surface area contributed by atoms with Gasteiger partial charge in [0.1, 0.15) is 0 Å². The first kappa shape index (κ1) is 27.6.